The molecule has 0 fully saturated rings. The molecule has 0 saturated carbocycles. The topological polar surface area (TPSA) is 77.0 Å². The highest BCUT2D eigenvalue weighted by Crippen LogP contribution is 2.21. The van der Waals surface area contributed by atoms with Gasteiger partial charge in [0.1, 0.15) is 0 Å². The molecule has 0 saturated heterocycles. The highest BCUT2D eigenvalue weighted by Gasteiger charge is 2.37. The first-order chi connectivity index (χ1) is 6.05. The molecule has 3 N–H and O–H groups in total. The molecule has 0 spiro atoms. The van der Waals surface area contributed by atoms with Crippen molar-refractivity contribution in [2.45, 2.75) is 6.18 Å². The zero-order valence-electron chi connectivity index (χ0n) is 6.78. The van der Waals surface area contributed by atoms with E-state index >= 15 is 0 Å². The van der Waals surface area contributed by atoms with Crippen LogP contribution < -0.4 is 0 Å². The summed E-state index contributed by atoms with van der Waals surface area (Å²) in [7, 11) is 0. The minimum atomic E-state index is -4.67. The van der Waals surface area contributed by atoms with Crippen molar-refractivity contribution in [2.75, 3.05) is 0 Å². The number of hydrogen-bond acceptors (Lipinski definition) is 3. The van der Waals surface area contributed by atoms with Crippen molar-refractivity contribution >= 4 is 5.71 Å². The molecule has 7 heteroatoms. The summed E-state index contributed by atoms with van der Waals surface area (Å²) < 4.78 is 36.3. The number of hydrogen-bond donors (Lipinski definition) is 1. The van der Waals surface area contributed by atoms with Crippen molar-refractivity contribution in [3.05, 3.63) is 30.1 Å². The van der Waals surface area contributed by atoms with E-state index in [1.54, 1.807) is 0 Å². The molecular formula is C7H7F3N2O2. The molecule has 4 nitrogen and oxygen atoms in total. The lowest BCUT2D eigenvalue weighted by Crippen LogP contribution is -2.24. The molecule has 0 amide bonds. The first kappa shape index (κ1) is 12.4. The molecule has 1 rings (SSSR count). The van der Waals surface area contributed by atoms with E-state index in [0.717, 1.165) is 12.3 Å². The van der Waals surface area contributed by atoms with Crippen molar-refractivity contribution in [2.24, 2.45) is 5.16 Å². The van der Waals surface area contributed by atoms with Gasteiger partial charge in [0.15, 0.2) is 5.71 Å². The standard InChI is InChI=1S/C7H5F3N2O.H2O/c8-7(9,10)6(12-13)5-2-1-3-11-4-5;/h1-4,13H;1H2/b12-6-;. The molecule has 0 aliphatic carbocycles. The second kappa shape index (κ2) is 4.56. The molecule has 0 aromatic carbocycles. The van der Waals surface area contributed by atoms with Crippen molar-refractivity contribution < 1.29 is 23.9 Å². The molecule has 0 bridgehead atoms. The number of rotatable bonds is 1. The second-order valence-electron chi connectivity index (χ2n) is 2.19. The maximum absolute atomic E-state index is 12.1. The van der Waals surface area contributed by atoms with Gasteiger partial charge >= 0.3 is 6.18 Å². The minimum absolute atomic E-state index is 0. The lowest BCUT2D eigenvalue weighted by atomic mass is 10.2. The summed E-state index contributed by atoms with van der Waals surface area (Å²) in [6.45, 7) is 0. The fraction of sp³-hybridized carbons (Fsp3) is 0.143. The second-order valence-corrected chi connectivity index (χ2v) is 2.19. The Morgan fingerprint density at radius 2 is 2.07 bits per heavy atom. The van der Waals surface area contributed by atoms with E-state index in [1.165, 1.54) is 12.3 Å². The maximum Gasteiger partial charge on any atom is 0.437 e. The molecule has 14 heavy (non-hydrogen) atoms. The molecule has 1 aromatic heterocycles. The maximum atomic E-state index is 12.1. The summed E-state index contributed by atoms with van der Waals surface area (Å²) in [5.41, 5.74) is -1.61. The van der Waals surface area contributed by atoms with Crippen LogP contribution in [-0.4, -0.2) is 27.6 Å². The Labute approximate surface area is 77.0 Å². The summed E-state index contributed by atoms with van der Waals surface area (Å²) in [4.78, 5) is 3.48. The van der Waals surface area contributed by atoms with E-state index in [4.69, 9.17) is 5.21 Å². The Morgan fingerprint density at radius 1 is 1.43 bits per heavy atom. The number of alkyl halides is 3. The summed E-state index contributed by atoms with van der Waals surface area (Å²) in [6.07, 6.45) is -2.37. The zero-order valence-corrected chi connectivity index (χ0v) is 6.78. The van der Waals surface area contributed by atoms with E-state index in [-0.39, 0.29) is 11.0 Å². The van der Waals surface area contributed by atoms with Crippen LogP contribution in [0.1, 0.15) is 5.56 Å². The van der Waals surface area contributed by atoms with E-state index in [1.807, 2.05) is 0 Å². The van der Waals surface area contributed by atoms with Crippen molar-refractivity contribution in [3.63, 3.8) is 0 Å². The van der Waals surface area contributed by atoms with Crippen LogP contribution in [0.2, 0.25) is 0 Å². The van der Waals surface area contributed by atoms with Crippen LogP contribution in [0.15, 0.2) is 29.7 Å². The Balaban J connectivity index is 0.00000169. The van der Waals surface area contributed by atoms with Crippen LogP contribution >= 0.6 is 0 Å². The van der Waals surface area contributed by atoms with Gasteiger partial charge in [-0.2, -0.15) is 13.2 Å². The Kier molecular flexibility index (Phi) is 4.03. The highest BCUT2D eigenvalue weighted by molar-refractivity contribution is 6.03. The van der Waals surface area contributed by atoms with E-state index in [0.29, 0.717) is 0 Å². The molecule has 1 heterocycles. The third-order valence-electron chi connectivity index (χ3n) is 1.30. The van der Waals surface area contributed by atoms with Crippen molar-refractivity contribution in [1.29, 1.82) is 0 Å². The molecule has 1 aromatic rings. The number of pyridine rings is 1. The fourth-order valence-electron chi connectivity index (χ4n) is 0.781. The van der Waals surface area contributed by atoms with Crippen LogP contribution in [0.4, 0.5) is 13.2 Å². The monoisotopic (exact) mass is 208 g/mol. The van der Waals surface area contributed by atoms with Crippen LogP contribution in [0.3, 0.4) is 0 Å². The van der Waals surface area contributed by atoms with E-state index in [9.17, 15) is 13.2 Å². The van der Waals surface area contributed by atoms with Crippen LogP contribution in [-0.2, 0) is 0 Å². The van der Waals surface area contributed by atoms with Crippen LogP contribution in [0.5, 0.6) is 0 Å². The first-order valence-electron chi connectivity index (χ1n) is 3.25. The van der Waals surface area contributed by atoms with Gasteiger partial charge in [-0.25, -0.2) is 0 Å². The Morgan fingerprint density at radius 3 is 2.43 bits per heavy atom. The number of aromatic nitrogens is 1. The molecule has 0 aliphatic rings. The third kappa shape index (κ3) is 2.70. The van der Waals surface area contributed by atoms with Gasteiger partial charge in [0.25, 0.3) is 0 Å². The predicted molar refractivity (Wildman–Crippen MR) is 42.2 cm³/mol. The summed E-state index contributed by atoms with van der Waals surface area (Å²) in [5.74, 6) is 0. The summed E-state index contributed by atoms with van der Waals surface area (Å²) in [6, 6.07) is 2.49. The van der Waals surface area contributed by atoms with Gasteiger partial charge in [-0.1, -0.05) is 5.16 Å². The molecule has 0 unspecified atom stereocenters. The molecule has 78 valence electrons. The third-order valence-corrected chi connectivity index (χ3v) is 1.30. The average Bonchev–Trinajstić information content (AvgIpc) is 2.05. The van der Waals surface area contributed by atoms with Gasteiger partial charge in [-0.3, -0.25) is 4.98 Å². The SMILES string of the molecule is O.O/N=C(/c1cccnc1)C(F)(F)F. The summed E-state index contributed by atoms with van der Waals surface area (Å²) in [5, 5.41) is 10.3. The van der Waals surface area contributed by atoms with E-state index < -0.39 is 11.9 Å². The predicted octanol–water partition coefficient (Wildman–Crippen LogP) is 0.997. The van der Waals surface area contributed by atoms with Gasteiger partial charge in [0.05, 0.1) is 0 Å². The lowest BCUT2D eigenvalue weighted by molar-refractivity contribution is -0.0601. The highest BCUT2D eigenvalue weighted by atomic mass is 19.4. The molecule has 0 radical (unpaired) electrons. The fourth-order valence-corrected chi connectivity index (χ4v) is 0.781. The van der Waals surface area contributed by atoms with Crippen molar-refractivity contribution in [1.82, 2.24) is 4.98 Å². The molecule has 0 atom stereocenters. The Hall–Kier alpha value is -1.63. The average molecular weight is 208 g/mol. The van der Waals surface area contributed by atoms with Crippen LogP contribution in [0, 0.1) is 0 Å². The largest absolute Gasteiger partial charge is 0.437 e. The number of oxime groups is 1. The lowest BCUT2D eigenvalue weighted by Gasteiger charge is -2.07. The normalized spacial score (nSPS) is 12.1. The number of halogens is 3. The molecule has 0 aliphatic heterocycles. The first-order valence-corrected chi connectivity index (χ1v) is 3.25. The quantitative estimate of drug-likeness (QED) is 0.424. The van der Waals surface area contributed by atoms with E-state index in [2.05, 4.69) is 10.1 Å². The minimum Gasteiger partial charge on any atom is -0.412 e. The molecular weight excluding hydrogens is 201 g/mol. The van der Waals surface area contributed by atoms with Gasteiger partial charge < -0.3 is 10.7 Å². The Bertz CT molecular complexity index is 310. The van der Waals surface area contributed by atoms with Crippen LogP contribution in [0.25, 0.3) is 0 Å². The van der Waals surface area contributed by atoms with Gasteiger partial charge in [0.2, 0.25) is 0 Å². The zero-order chi connectivity index (χ0) is 9.90. The van der Waals surface area contributed by atoms with Gasteiger partial charge in [-0.05, 0) is 12.1 Å². The smallest absolute Gasteiger partial charge is 0.412 e. The van der Waals surface area contributed by atoms with Crippen molar-refractivity contribution in [3.8, 4) is 0 Å². The number of nitrogens with zero attached hydrogens (tertiary/aromatic N) is 2. The van der Waals surface area contributed by atoms with Gasteiger partial charge in [0, 0.05) is 18.0 Å². The summed E-state index contributed by atoms with van der Waals surface area (Å²) >= 11 is 0. The van der Waals surface area contributed by atoms with Gasteiger partial charge in [-0.15, -0.1) is 0 Å².